The molecular weight excluding hydrogens is 163 g/mol. The van der Waals surface area contributed by atoms with Gasteiger partial charge in [0, 0.05) is 0 Å². The summed E-state index contributed by atoms with van der Waals surface area (Å²) in [7, 11) is -3.99. The van der Waals surface area contributed by atoms with Crippen LogP contribution < -0.4 is 29.6 Å². The van der Waals surface area contributed by atoms with Gasteiger partial charge < -0.3 is 4.55 Å². The molecular formula is C5H9NaO3S. The normalized spacial score (nSPS) is 21.4. The van der Waals surface area contributed by atoms with Gasteiger partial charge in [-0.25, -0.2) is 8.42 Å². The Morgan fingerprint density at radius 3 is 1.90 bits per heavy atom. The molecule has 0 spiro atoms. The van der Waals surface area contributed by atoms with Gasteiger partial charge in [0.25, 0.3) is 0 Å². The molecule has 10 heavy (non-hydrogen) atoms. The largest absolute Gasteiger partial charge is 1.00 e. The minimum atomic E-state index is -3.99. The summed E-state index contributed by atoms with van der Waals surface area (Å²) in [6, 6.07) is 0. The van der Waals surface area contributed by atoms with E-state index in [9.17, 15) is 13.0 Å². The van der Waals surface area contributed by atoms with Crippen LogP contribution in [0.5, 0.6) is 0 Å². The molecule has 3 nitrogen and oxygen atoms in total. The van der Waals surface area contributed by atoms with Crippen molar-refractivity contribution in [1.29, 1.82) is 0 Å². The van der Waals surface area contributed by atoms with Gasteiger partial charge in [-0.2, -0.15) is 0 Å². The molecule has 0 aliphatic heterocycles. The first-order valence-corrected chi connectivity index (χ1v) is 4.38. The van der Waals surface area contributed by atoms with Gasteiger partial charge in [-0.1, -0.05) is 6.92 Å². The minimum Gasteiger partial charge on any atom is -0.748 e. The van der Waals surface area contributed by atoms with Crippen molar-refractivity contribution in [3.8, 4) is 0 Å². The fraction of sp³-hybridized carbons (Fsp3) is 1.00. The van der Waals surface area contributed by atoms with Crippen molar-refractivity contribution in [3.63, 3.8) is 0 Å². The number of hydrogen-bond donors (Lipinski definition) is 0. The molecule has 54 valence electrons. The molecule has 0 saturated heterocycles. The van der Waals surface area contributed by atoms with Crippen LogP contribution in [0.1, 0.15) is 26.2 Å². The topological polar surface area (TPSA) is 57.2 Å². The van der Waals surface area contributed by atoms with Gasteiger partial charge in [0.1, 0.15) is 10.1 Å². The second kappa shape index (κ2) is 3.11. The van der Waals surface area contributed by atoms with E-state index in [-0.39, 0.29) is 29.6 Å². The van der Waals surface area contributed by atoms with E-state index < -0.39 is 14.9 Å². The standard InChI is InChI=1S/C5H10O3S.Na/c1-2-5(3-4-5)9(6,7)8;/h2-4H2,1H3,(H,6,7,8);/q;+1/p-1. The maximum atomic E-state index is 10.4. The van der Waals surface area contributed by atoms with Crippen LogP contribution in [-0.4, -0.2) is 17.7 Å². The van der Waals surface area contributed by atoms with Crippen molar-refractivity contribution >= 4 is 10.1 Å². The Hall–Kier alpha value is 0.910. The molecule has 0 amide bonds. The summed E-state index contributed by atoms with van der Waals surface area (Å²) < 4.78 is 30.3. The van der Waals surface area contributed by atoms with E-state index in [1.54, 1.807) is 6.92 Å². The average molecular weight is 172 g/mol. The summed E-state index contributed by atoms with van der Waals surface area (Å²) >= 11 is 0. The van der Waals surface area contributed by atoms with Gasteiger partial charge in [-0.15, -0.1) is 0 Å². The maximum absolute atomic E-state index is 10.4. The maximum Gasteiger partial charge on any atom is 1.00 e. The van der Waals surface area contributed by atoms with Crippen LogP contribution in [0.25, 0.3) is 0 Å². The Morgan fingerprint density at radius 1 is 1.50 bits per heavy atom. The first-order chi connectivity index (χ1) is 4.02. The second-order valence-electron chi connectivity index (χ2n) is 2.49. The molecule has 0 unspecified atom stereocenters. The van der Waals surface area contributed by atoms with Crippen LogP contribution in [0.4, 0.5) is 0 Å². The third-order valence-corrected chi connectivity index (χ3v) is 3.74. The number of rotatable bonds is 2. The predicted molar refractivity (Wildman–Crippen MR) is 32.0 cm³/mol. The monoisotopic (exact) mass is 172 g/mol. The Labute approximate surface area is 83.2 Å². The molecule has 0 bridgehead atoms. The van der Waals surface area contributed by atoms with Gasteiger partial charge in [0.15, 0.2) is 0 Å². The van der Waals surface area contributed by atoms with Crippen LogP contribution in [0.2, 0.25) is 0 Å². The predicted octanol–water partition coefficient (Wildman–Crippen LogP) is -2.52. The molecule has 1 fully saturated rings. The van der Waals surface area contributed by atoms with Crippen LogP contribution in [0, 0.1) is 0 Å². The summed E-state index contributed by atoms with van der Waals surface area (Å²) in [5, 5.41) is 0. The van der Waals surface area contributed by atoms with Crippen molar-refractivity contribution in [2.75, 3.05) is 0 Å². The van der Waals surface area contributed by atoms with Crippen LogP contribution in [0.15, 0.2) is 0 Å². The van der Waals surface area contributed by atoms with E-state index in [2.05, 4.69) is 0 Å². The van der Waals surface area contributed by atoms with Gasteiger partial charge in [-0.05, 0) is 19.3 Å². The van der Waals surface area contributed by atoms with E-state index >= 15 is 0 Å². The van der Waals surface area contributed by atoms with Crippen LogP contribution in [0.3, 0.4) is 0 Å². The fourth-order valence-electron chi connectivity index (χ4n) is 0.920. The number of hydrogen-bond acceptors (Lipinski definition) is 3. The quantitative estimate of drug-likeness (QED) is 0.341. The molecule has 0 heterocycles. The van der Waals surface area contributed by atoms with Crippen molar-refractivity contribution in [2.24, 2.45) is 0 Å². The van der Waals surface area contributed by atoms with Gasteiger partial charge >= 0.3 is 29.6 Å². The van der Waals surface area contributed by atoms with E-state index in [4.69, 9.17) is 0 Å². The molecule has 5 heteroatoms. The molecule has 0 radical (unpaired) electrons. The van der Waals surface area contributed by atoms with Crippen LogP contribution in [-0.2, 0) is 10.1 Å². The summed E-state index contributed by atoms with van der Waals surface area (Å²) in [4.78, 5) is 0. The third kappa shape index (κ3) is 1.74. The molecule has 1 rings (SSSR count). The van der Waals surface area contributed by atoms with Crippen LogP contribution >= 0.6 is 0 Å². The minimum absolute atomic E-state index is 0. The zero-order valence-electron chi connectivity index (χ0n) is 6.25. The average Bonchev–Trinajstić information content (AvgIpc) is 2.40. The summed E-state index contributed by atoms with van der Waals surface area (Å²) in [5.41, 5.74) is 0. The zero-order chi connectivity index (χ0) is 7.12. The van der Waals surface area contributed by atoms with Gasteiger partial charge in [0.05, 0.1) is 4.75 Å². The molecule has 1 aliphatic carbocycles. The van der Waals surface area contributed by atoms with E-state index in [0.29, 0.717) is 19.3 Å². The van der Waals surface area contributed by atoms with Gasteiger partial charge in [0.2, 0.25) is 0 Å². The summed E-state index contributed by atoms with van der Waals surface area (Å²) in [5.74, 6) is 0. The molecule has 0 aromatic carbocycles. The SMILES string of the molecule is CCC1(S(=O)(=O)[O-])CC1.[Na+]. The smallest absolute Gasteiger partial charge is 0.748 e. The summed E-state index contributed by atoms with van der Waals surface area (Å²) in [6.07, 6.45) is 1.60. The molecule has 0 aromatic heterocycles. The summed E-state index contributed by atoms with van der Waals surface area (Å²) in [6.45, 7) is 1.74. The molecule has 1 aliphatic rings. The Bertz CT molecular complexity index is 205. The molecule has 0 N–H and O–H groups in total. The van der Waals surface area contributed by atoms with E-state index in [0.717, 1.165) is 0 Å². The molecule has 0 aromatic rings. The van der Waals surface area contributed by atoms with E-state index in [1.165, 1.54) is 0 Å². The third-order valence-electron chi connectivity index (χ3n) is 1.98. The Balaban J connectivity index is 0.000000810. The fourth-order valence-corrected chi connectivity index (χ4v) is 1.88. The Morgan fingerprint density at radius 2 is 1.90 bits per heavy atom. The Kier molecular flexibility index (Phi) is 3.39. The second-order valence-corrected chi connectivity index (χ2v) is 4.26. The zero-order valence-corrected chi connectivity index (χ0v) is 9.07. The molecule has 0 atom stereocenters. The van der Waals surface area contributed by atoms with Crippen molar-refractivity contribution < 1.29 is 42.5 Å². The van der Waals surface area contributed by atoms with E-state index in [1.807, 2.05) is 0 Å². The first-order valence-electron chi connectivity index (χ1n) is 2.97. The van der Waals surface area contributed by atoms with Crippen molar-refractivity contribution in [3.05, 3.63) is 0 Å². The van der Waals surface area contributed by atoms with Gasteiger partial charge in [-0.3, -0.25) is 0 Å². The van der Waals surface area contributed by atoms with Crippen molar-refractivity contribution in [2.45, 2.75) is 30.9 Å². The molecule has 1 saturated carbocycles. The van der Waals surface area contributed by atoms with Crippen molar-refractivity contribution in [1.82, 2.24) is 0 Å². The first kappa shape index (κ1) is 10.9.